The SMILES string of the molecule is CCNC(=O)C(CC)N(Cc1ccc(Cl)c(Cl)c1)C(=O)CN(c1ccc(Cl)cc1C)S(=O)(=O)c1ccc(C)cc1. The molecule has 0 spiro atoms. The van der Waals surface area contributed by atoms with Gasteiger partial charge in [0, 0.05) is 18.1 Å². The van der Waals surface area contributed by atoms with Crippen LogP contribution in [0, 0.1) is 13.8 Å². The number of amides is 2. The Morgan fingerprint density at radius 2 is 1.57 bits per heavy atom. The maximum absolute atomic E-state index is 14.1. The van der Waals surface area contributed by atoms with Crippen LogP contribution in [0.3, 0.4) is 0 Å². The third-order valence-electron chi connectivity index (χ3n) is 6.39. The zero-order valence-electron chi connectivity index (χ0n) is 22.7. The lowest BCUT2D eigenvalue weighted by atomic mass is 10.1. The summed E-state index contributed by atoms with van der Waals surface area (Å²) in [6.45, 7) is 7.00. The number of carbonyl (C=O) groups is 2. The average Bonchev–Trinajstić information content (AvgIpc) is 2.90. The van der Waals surface area contributed by atoms with Crippen LogP contribution in [-0.4, -0.2) is 44.3 Å². The van der Waals surface area contributed by atoms with Crippen molar-refractivity contribution in [3.05, 3.63) is 92.4 Å². The van der Waals surface area contributed by atoms with Crippen LogP contribution in [-0.2, 0) is 26.2 Å². The van der Waals surface area contributed by atoms with Crippen molar-refractivity contribution in [2.75, 3.05) is 17.4 Å². The third kappa shape index (κ3) is 7.49. The van der Waals surface area contributed by atoms with E-state index >= 15 is 0 Å². The molecule has 3 aromatic rings. The number of hydrogen-bond donors (Lipinski definition) is 1. The summed E-state index contributed by atoms with van der Waals surface area (Å²) < 4.78 is 29.0. The molecule has 214 valence electrons. The Balaban J connectivity index is 2.10. The standard InChI is InChI=1S/C29H32Cl3N3O4S/c1-5-26(29(37)33-6-2)34(17-21-9-13-24(31)25(32)16-21)28(36)18-35(27-14-10-22(30)15-20(27)4)40(38,39)23-11-7-19(3)8-12-23/h7-16,26H,5-6,17-18H2,1-4H3,(H,33,37). The van der Waals surface area contributed by atoms with Gasteiger partial charge in [-0.25, -0.2) is 8.42 Å². The Hall–Kier alpha value is -2.78. The van der Waals surface area contributed by atoms with Gasteiger partial charge < -0.3 is 10.2 Å². The van der Waals surface area contributed by atoms with Crippen LogP contribution in [0.15, 0.2) is 65.6 Å². The summed E-state index contributed by atoms with van der Waals surface area (Å²) in [4.78, 5) is 28.5. The highest BCUT2D eigenvalue weighted by atomic mass is 35.5. The summed E-state index contributed by atoms with van der Waals surface area (Å²) in [5.74, 6) is -0.900. The number of sulfonamides is 1. The predicted molar refractivity (Wildman–Crippen MR) is 162 cm³/mol. The molecule has 0 radical (unpaired) electrons. The number of aryl methyl sites for hydroxylation is 2. The molecule has 1 atom stereocenters. The van der Waals surface area contributed by atoms with Gasteiger partial charge in [0.1, 0.15) is 12.6 Å². The molecule has 0 heterocycles. The molecule has 0 aliphatic rings. The topological polar surface area (TPSA) is 86.8 Å². The molecular formula is C29H32Cl3N3O4S. The second-order valence-electron chi connectivity index (χ2n) is 9.34. The van der Waals surface area contributed by atoms with Crippen LogP contribution in [0.2, 0.25) is 15.1 Å². The number of nitrogens with one attached hydrogen (secondary N) is 1. The van der Waals surface area contributed by atoms with Crippen molar-refractivity contribution < 1.29 is 18.0 Å². The minimum atomic E-state index is -4.18. The number of likely N-dealkylation sites (N-methyl/N-ethyl adjacent to an activating group) is 1. The number of benzene rings is 3. The van der Waals surface area contributed by atoms with Crippen molar-refractivity contribution in [1.82, 2.24) is 10.2 Å². The van der Waals surface area contributed by atoms with Crippen molar-refractivity contribution >= 4 is 62.3 Å². The minimum Gasteiger partial charge on any atom is -0.355 e. The first-order valence-electron chi connectivity index (χ1n) is 12.8. The molecule has 0 aliphatic heterocycles. The third-order valence-corrected chi connectivity index (χ3v) is 9.14. The number of nitrogens with zero attached hydrogens (tertiary/aromatic N) is 2. The number of hydrogen-bond acceptors (Lipinski definition) is 4. The van der Waals surface area contributed by atoms with E-state index in [9.17, 15) is 18.0 Å². The average molecular weight is 625 g/mol. The molecule has 0 bridgehead atoms. The van der Waals surface area contributed by atoms with E-state index < -0.39 is 28.5 Å². The van der Waals surface area contributed by atoms with E-state index in [1.807, 2.05) is 6.92 Å². The number of carbonyl (C=O) groups excluding carboxylic acids is 2. The van der Waals surface area contributed by atoms with Crippen molar-refractivity contribution in [3.8, 4) is 0 Å². The van der Waals surface area contributed by atoms with E-state index in [0.717, 1.165) is 9.87 Å². The Morgan fingerprint density at radius 3 is 2.15 bits per heavy atom. The zero-order valence-corrected chi connectivity index (χ0v) is 25.8. The molecule has 3 rings (SSSR count). The zero-order chi connectivity index (χ0) is 29.6. The molecule has 3 aromatic carbocycles. The van der Waals surface area contributed by atoms with Gasteiger partial charge in [-0.1, -0.05) is 65.5 Å². The van der Waals surface area contributed by atoms with E-state index in [1.165, 1.54) is 17.0 Å². The van der Waals surface area contributed by atoms with Gasteiger partial charge >= 0.3 is 0 Å². The van der Waals surface area contributed by atoms with Gasteiger partial charge in [-0.15, -0.1) is 0 Å². The Labute approximate surface area is 251 Å². The summed E-state index contributed by atoms with van der Waals surface area (Å²) in [5, 5.41) is 3.87. The lowest BCUT2D eigenvalue weighted by Crippen LogP contribution is -2.52. The smallest absolute Gasteiger partial charge is 0.264 e. The fourth-order valence-corrected chi connectivity index (χ4v) is 6.32. The summed E-state index contributed by atoms with van der Waals surface area (Å²) in [7, 11) is -4.18. The monoisotopic (exact) mass is 623 g/mol. The van der Waals surface area contributed by atoms with E-state index in [-0.39, 0.29) is 17.3 Å². The second-order valence-corrected chi connectivity index (χ2v) is 12.5. The van der Waals surface area contributed by atoms with Crippen LogP contribution in [0.5, 0.6) is 0 Å². The fraction of sp³-hybridized carbons (Fsp3) is 0.310. The molecule has 0 fully saturated rings. The van der Waals surface area contributed by atoms with Crippen LogP contribution in [0.1, 0.15) is 37.0 Å². The maximum atomic E-state index is 14.1. The Bertz CT molecular complexity index is 1480. The molecule has 0 aromatic heterocycles. The maximum Gasteiger partial charge on any atom is 0.264 e. The molecule has 40 heavy (non-hydrogen) atoms. The molecular weight excluding hydrogens is 593 g/mol. The Kier molecular flexibility index (Phi) is 10.9. The number of anilines is 1. The first-order chi connectivity index (χ1) is 18.9. The molecule has 1 N–H and O–H groups in total. The minimum absolute atomic E-state index is 0.0172. The molecule has 1 unspecified atom stereocenters. The normalized spacial score (nSPS) is 12.1. The van der Waals surface area contributed by atoms with Gasteiger partial charge in [0.05, 0.1) is 20.6 Å². The molecule has 11 heteroatoms. The van der Waals surface area contributed by atoms with Gasteiger partial charge in [-0.2, -0.15) is 0 Å². The first-order valence-corrected chi connectivity index (χ1v) is 15.3. The van der Waals surface area contributed by atoms with Gasteiger partial charge in [0.2, 0.25) is 11.8 Å². The van der Waals surface area contributed by atoms with E-state index in [0.29, 0.717) is 44.8 Å². The summed E-state index contributed by atoms with van der Waals surface area (Å²) >= 11 is 18.5. The molecule has 0 saturated carbocycles. The quantitative estimate of drug-likeness (QED) is 0.267. The van der Waals surface area contributed by atoms with Crippen LogP contribution in [0.25, 0.3) is 0 Å². The van der Waals surface area contributed by atoms with Crippen LogP contribution in [0.4, 0.5) is 5.69 Å². The van der Waals surface area contributed by atoms with Gasteiger partial charge in [-0.3, -0.25) is 13.9 Å². The highest BCUT2D eigenvalue weighted by Gasteiger charge is 2.34. The van der Waals surface area contributed by atoms with E-state index in [2.05, 4.69) is 5.32 Å². The Morgan fingerprint density at radius 1 is 0.900 bits per heavy atom. The highest BCUT2D eigenvalue weighted by molar-refractivity contribution is 7.92. The lowest BCUT2D eigenvalue weighted by Gasteiger charge is -2.33. The van der Waals surface area contributed by atoms with Gasteiger partial charge in [0.25, 0.3) is 10.0 Å². The second kappa shape index (κ2) is 13.7. The van der Waals surface area contributed by atoms with E-state index in [4.69, 9.17) is 34.8 Å². The summed E-state index contributed by atoms with van der Waals surface area (Å²) in [5.41, 5.74) is 2.41. The fourth-order valence-electron chi connectivity index (χ4n) is 4.30. The van der Waals surface area contributed by atoms with Crippen molar-refractivity contribution in [2.45, 2.75) is 51.6 Å². The highest BCUT2D eigenvalue weighted by Crippen LogP contribution is 2.30. The molecule has 2 amide bonds. The summed E-state index contributed by atoms with van der Waals surface area (Å²) in [6.07, 6.45) is 0.309. The lowest BCUT2D eigenvalue weighted by molar-refractivity contribution is -0.140. The number of rotatable bonds is 11. The molecule has 7 nitrogen and oxygen atoms in total. The van der Waals surface area contributed by atoms with Gasteiger partial charge in [0.15, 0.2) is 0 Å². The van der Waals surface area contributed by atoms with Crippen LogP contribution >= 0.6 is 34.8 Å². The van der Waals surface area contributed by atoms with Crippen molar-refractivity contribution in [2.24, 2.45) is 0 Å². The molecule has 0 saturated heterocycles. The predicted octanol–water partition coefficient (Wildman–Crippen LogP) is 6.40. The summed E-state index contributed by atoms with van der Waals surface area (Å²) in [6, 6.07) is 15.3. The molecule has 0 aliphatic carbocycles. The van der Waals surface area contributed by atoms with E-state index in [1.54, 1.807) is 69.3 Å². The first kappa shape index (κ1) is 31.7. The van der Waals surface area contributed by atoms with Crippen molar-refractivity contribution in [1.29, 1.82) is 0 Å². The van der Waals surface area contributed by atoms with Crippen molar-refractivity contribution in [3.63, 3.8) is 0 Å². The number of halogens is 3. The largest absolute Gasteiger partial charge is 0.355 e. The van der Waals surface area contributed by atoms with Crippen LogP contribution < -0.4 is 9.62 Å². The van der Waals surface area contributed by atoms with Gasteiger partial charge in [-0.05, 0) is 80.8 Å².